The Kier molecular flexibility index (Phi) is 6.84. The zero-order valence-electron chi connectivity index (χ0n) is 10.8. The van der Waals surface area contributed by atoms with Crippen molar-refractivity contribution in [1.82, 2.24) is 10.6 Å². The fraction of sp³-hybridized carbons (Fsp3) is 0.462. The number of halogens is 3. The first-order valence-corrected chi connectivity index (χ1v) is 6.20. The molecule has 0 saturated carbocycles. The van der Waals surface area contributed by atoms with Gasteiger partial charge in [0.1, 0.15) is 17.7 Å². The molecule has 1 fully saturated rings. The summed E-state index contributed by atoms with van der Waals surface area (Å²) in [6.07, 6.45) is -0.112. The van der Waals surface area contributed by atoms with Gasteiger partial charge in [-0.25, -0.2) is 8.78 Å². The van der Waals surface area contributed by atoms with Crippen molar-refractivity contribution in [3.05, 3.63) is 35.4 Å². The molecule has 0 aromatic heterocycles. The molecule has 1 amide bonds. The van der Waals surface area contributed by atoms with Crippen LogP contribution in [0.3, 0.4) is 0 Å². The summed E-state index contributed by atoms with van der Waals surface area (Å²) >= 11 is 0. The van der Waals surface area contributed by atoms with Gasteiger partial charge in [-0.1, -0.05) is 0 Å². The van der Waals surface area contributed by atoms with E-state index < -0.39 is 17.7 Å². The first-order chi connectivity index (χ1) is 9.15. The number of amides is 1. The Bertz CT molecular complexity index is 434. The van der Waals surface area contributed by atoms with Crippen LogP contribution in [0.1, 0.15) is 5.56 Å². The van der Waals surface area contributed by atoms with Crippen LogP contribution in [0.2, 0.25) is 0 Å². The van der Waals surface area contributed by atoms with E-state index in [1.165, 1.54) is 12.1 Å². The maximum Gasteiger partial charge on any atom is 0.250 e. The summed E-state index contributed by atoms with van der Waals surface area (Å²) in [5, 5.41) is 5.74. The van der Waals surface area contributed by atoms with Crippen LogP contribution in [0.5, 0.6) is 0 Å². The van der Waals surface area contributed by atoms with Crippen molar-refractivity contribution in [2.75, 3.05) is 26.2 Å². The fourth-order valence-electron chi connectivity index (χ4n) is 1.93. The number of hydrogen-bond acceptors (Lipinski definition) is 3. The highest BCUT2D eigenvalue weighted by Crippen LogP contribution is 2.08. The Balaban J connectivity index is 0.00000200. The minimum atomic E-state index is -0.610. The van der Waals surface area contributed by atoms with E-state index in [1.54, 1.807) is 0 Å². The van der Waals surface area contributed by atoms with E-state index in [1.807, 2.05) is 0 Å². The molecule has 7 heteroatoms. The zero-order valence-corrected chi connectivity index (χ0v) is 11.6. The lowest BCUT2D eigenvalue weighted by Gasteiger charge is -2.22. The third kappa shape index (κ3) is 5.03. The Labute approximate surface area is 122 Å². The third-order valence-corrected chi connectivity index (χ3v) is 2.86. The highest BCUT2D eigenvalue weighted by atomic mass is 35.5. The molecule has 0 radical (unpaired) electrons. The second-order valence-corrected chi connectivity index (χ2v) is 4.38. The van der Waals surface area contributed by atoms with Crippen LogP contribution in [0.25, 0.3) is 0 Å². The summed E-state index contributed by atoms with van der Waals surface area (Å²) < 4.78 is 31.2. The average molecular weight is 307 g/mol. The van der Waals surface area contributed by atoms with Crippen molar-refractivity contribution in [3.63, 3.8) is 0 Å². The van der Waals surface area contributed by atoms with Crippen LogP contribution >= 0.6 is 12.4 Å². The minimum absolute atomic E-state index is 0. The van der Waals surface area contributed by atoms with Crippen molar-refractivity contribution in [3.8, 4) is 0 Å². The van der Waals surface area contributed by atoms with Crippen LogP contribution in [0.4, 0.5) is 8.78 Å². The van der Waals surface area contributed by atoms with Gasteiger partial charge in [-0.3, -0.25) is 4.79 Å². The summed E-state index contributed by atoms with van der Waals surface area (Å²) in [5.41, 5.74) is 0.514. The number of morpholine rings is 1. The van der Waals surface area contributed by atoms with Gasteiger partial charge in [-0.15, -0.1) is 12.4 Å². The molecule has 1 unspecified atom stereocenters. The van der Waals surface area contributed by atoms with Gasteiger partial charge in [0.15, 0.2) is 0 Å². The van der Waals surface area contributed by atoms with Gasteiger partial charge in [-0.05, 0) is 24.1 Å². The highest BCUT2D eigenvalue weighted by Gasteiger charge is 2.20. The molecule has 1 aliphatic rings. The highest BCUT2D eigenvalue weighted by molar-refractivity contribution is 5.85. The van der Waals surface area contributed by atoms with Crippen LogP contribution in [0.15, 0.2) is 18.2 Å². The van der Waals surface area contributed by atoms with Crippen LogP contribution < -0.4 is 10.6 Å². The van der Waals surface area contributed by atoms with Crippen LogP contribution in [-0.2, 0) is 16.0 Å². The number of carbonyl (C=O) groups excluding carboxylic acids is 1. The molecular weight excluding hydrogens is 290 g/mol. The zero-order chi connectivity index (χ0) is 13.7. The smallest absolute Gasteiger partial charge is 0.250 e. The molecule has 0 bridgehead atoms. The van der Waals surface area contributed by atoms with Gasteiger partial charge in [0.2, 0.25) is 5.91 Å². The number of hydrogen-bond donors (Lipinski definition) is 2. The first kappa shape index (κ1) is 16.8. The second kappa shape index (κ2) is 8.14. The summed E-state index contributed by atoms with van der Waals surface area (Å²) in [6, 6.07) is 3.34. The number of carbonyl (C=O) groups is 1. The molecular formula is C13H17ClF2N2O2. The van der Waals surface area contributed by atoms with Crippen molar-refractivity contribution in [2.24, 2.45) is 0 Å². The predicted octanol–water partition coefficient (Wildman–Crippen LogP) is 1.03. The Morgan fingerprint density at radius 2 is 2.05 bits per heavy atom. The van der Waals surface area contributed by atoms with Gasteiger partial charge in [0.25, 0.3) is 0 Å². The van der Waals surface area contributed by atoms with Gasteiger partial charge in [0.05, 0.1) is 6.61 Å². The van der Waals surface area contributed by atoms with Crippen molar-refractivity contribution in [2.45, 2.75) is 12.5 Å². The minimum Gasteiger partial charge on any atom is -0.366 e. The molecule has 2 rings (SSSR count). The van der Waals surface area contributed by atoms with Gasteiger partial charge < -0.3 is 15.4 Å². The quantitative estimate of drug-likeness (QED) is 0.874. The second-order valence-electron chi connectivity index (χ2n) is 4.38. The molecule has 4 nitrogen and oxygen atoms in total. The largest absolute Gasteiger partial charge is 0.366 e. The number of benzene rings is 1. The standard InChI is InChI=1S/C13H16F2N2O2.ClH/c14-10-5-9(6-11(15)7-10)1-2-17-13(18)12-8-16-3-4-19-12;/h5-7,12,16H,1-4,8H2,(H,17,18);1H. The monoisotopic (exact) mass is 306 g/mol. The molecule has 1 aliphatic heterocycles. The van der Waals surface area contributed by atoms with Crippen molar-refractivity contribution < 1.29 is 18.3 Å². The van der Waals surface area contributed by atoms with Gasteiger partial charge in [-0.2, -0.15) is 0 Å². The van der Waals surface area contributed by atoms with E-state index in [2.05, 4.69) is 10.6 Å². The van der Waals surface area contributed by atoms with E-state index in [0.717, 1.165) is 12.6 Å². The molecule has 20 heavy (non-hydrogen) atoms. The molecule has 0 spiro atoms. The molecule has 1 atom stereocenters. The molecule has 2 N–H and O–H groups in total. The van der Waals surface area contributed by atoms with Crippen LogP contribution in [0, 0.1) is 11.6 Å². The number of nitrogens with one attached hydrogen (secondary N) is 2. The Morgan fingerprint density at radius 3 is 2.65 bits per heavy atom. The molecule has 1 heterocycles. The lowest BCUT2D eigenvalue weighted by Crippen LogP contribution is -2.48. The maximum atomic E-state index is 12.9. The molecule has 1 aromatic carbocycles. The molecule has 0 aliphatic carbocycles. The fourth-order valence-corrected chi connectivity index (χ4v) is 1.93. The number of rotatable bonds is 4. The maximum absolute atomic E-state index is 12.9. The van der Waals surface area contributed by atoms with E-state index in [9.17, 15) is 13.6 Å². The summed E-state index contributed by atoms with van der Waals surface area (Å²) in [4.78, 5) is 11.7. The van der Waals surface area contributed by atoms with Crippen molar-refractivity contribution >= 4 is 18.3 Å². The van der Waals surface area contributed by atoms with E-state index in [4.69, 9.17) is 4.74 Å². The topological polar surface area (TPSA) is 50.4 Å². The first-order valence-electron chi connectivity index (χ1n) is 6.20. The summed E-state index contributed by atoms with van der Waals surface area (Å²) in [7, 11) is 0. The Morgan fingerprint density at radius 1 is 1.35 bits per heavy atom. The van der Waals surface area contributed by atoms with E-state index >= 15 is 0 Å². The predicted molar refractivity (Wildman–Crippen MR) is 72.9 cm³/mol. The molecule has 1 saturated heterocycles. The lowest BCUT2D eigenvalue weighted by atomic mass is 10.1. The summed E-state index contributed by atoms with van der Waals surface area (Å²) in [6.45, 7) is 2.06. The lowest BCUT2D eigenvalue weighted by molar-refractivity contribution is -0.134. The summed E-state index contributed by atoms with van der Waals surface area (Å²) in [5.74, 6) is -1.42. The van der Waals surface area contributed by atoms with Gasteiger partial charge >= 0.3 is 0 Å². The van der Waals surface area contributed by atoms with E-state index in [0.29, 0.717) is 31.7 Å². The molecule has 1 aromatic rings. The third-order valence-electron chi connectivity index (χ3n) is 2.86. The number of ether oxygens (including phenoxy) is 1. The molecule has 112 valence electrons. The Hall–Kier alpha value is -1.24. The van der Waals surface area contributed by atoms with Gasteiger partial charge in [0, 0.05) is 25.7 Å². The van der Waals surface area contributed by atoms with Crippen LogP contribution in [-0.4, -0.2) is 38.3 Å². The average Bonchev–Trinajstić information content (AvgIpc) is 2.38. The van der Waals surface area contributed by atoms with Crippen molar-refractivity contribution in [1.29, 1.82) is 0 Å². The SMILES string of the molecule is Cl.O=C(NCCc1cc(F)cc(F)c1)C1CNCCO1. The van der Waals surface area contributed by atoms with E-state index in [-0.39, 0.29) is 18.3 Å². The normalized spacial score (nSPS) is 18.2.